The van der Waals surface area contributed by atoms with Crippen molar-refractivity contribution in [3.05, 3.63) is 24.4 Å². The first-order chi connectivity index (χ1) is 11.8. The molecule has 0 aliphatic carbocycles. The number of hydrogen-bond acceptors (Lipinski definition) is 5. The Morgan fingerprint density at radius 3 is 2.79 bits per heavy atom. The molecule has 2 aliphatic heterocycles. The minimum atomic E-state index is 0.320. The summed E-state index contributed by atoms with van der Waals surface area (Å²) >= 11 is 0. The van der Waals surface area contributed by atoms with Crippen LogP contribution in [0.2, 0.25) is 0 Å². The van der Waals surface area contributed by atoms with E-state index in [1.807, 2.05) is 30.3 Å². The third-order valence-corrected chi connectivity index (χ3v) is 5.12. The number of carbonyl (C=O) groups excluding carboxylic acids is 1. The van der Waals surface area contributed by atoms with E-state index in [0.717, 1.165) is 64.6 Å². The largest absolute Gasteiger partial charge is 0.354 e. The van der Waals surface area contributed by atoms with Crippen LogP contribution in [0.5, 0.6) is 0 Å². The fraction of sp³-hybridized carbons (Fsp3) is 0.667. The van der Waals surface area contributed by atoms with Gasteiger partial charge in [-0.2, -0.15) is 0 Å². The zero-order valence-corrected chi connectivity index (χ0v) is 14.7. The van der Waals surface area contributed by atoms with Gasteiger partial charge in [0.15, 0.2) is 0 Å². The first kappa shape index (κ1) is 17.2. The van der Waals surface area contributed by atoms with E-state index in [2.05, 4.69) is 26.2 Å². The minimum absolute atomic E-state index is 0.320. The molecule has 1 aromatic heterocycles. The van der Waals surface area contributed by atoms with Gasteiger partial charge in [-0.1, -0.05) is 6.07 Å². The van der Waals surface area contributed by atoms with Gasteiger partial charge in [0, 0.05) is 58.4 Å². The van der Waals surface area contributed by atoms with Crippen LogP contribution in [-0.4, -0.2) is 80.1 Å². The average Bonchev–Trinajstić information content (AvgIpc) is 3.10. The second-order valence-electron chi connectivity index (χ2n) is 6.82. The Labute approximate surface area is 144 Å². The lowest BCUT2D eigenvalue weighted by Gasteiger charge is -2.35. The zero-order valence-electron chi connectivity index (χ0n) is 14.7. The van der Waals surface area contributed by atoms with Gasteiger partial charge in [-0.3, -0.25) is 9.69 Å². The highest BCUT2D eigenvalue weighted by molar-refractivity contribution is 5.76. The maximum atomic E-state index is 12.4. The average molecular weight is 331 g/mol. The molecule has 6 heteroatoms. The molecule has 0 bridgehead atoms. The summed E-state index contributed by atoms with van der Waals surface area (Å²) in [6.45, 7) is 7.73. The minimum Gasteiger partial charge on any atom is -0.354 e. The molecule has 1 aromatic rings. The van der Waals surface area contributed by atoms with Crippen molar-refractivity contribution in [1.29, 1.82) is 0 Å². The number of likely N-dealkylation sites (tertiary alicyclic amines) is 1. The standard InChI is InChI=1S/C18H29N5O/c1-19-14-16-5-9-23(15-16)18(24)6-8-21-10-12-22(13-11-21)17-4-2-3-7-20-17/h2-4,7,16,19H,5-6,8-15H2,1H3. The van der Waals surface area contributed by atoms with Crippen molar-refractivity contribution >= 4 is 11.7 Å². The molecule has 3 rings (SSSR count). The number of piperazine rings is 1. The summed E-state index contributed by atoms with van der Waals surface area (Å²) in [4.78, 5) is 23.6. The third-order valence-electron chi connectivity index (χ3n) is 5.12. The number of carbonyl (C=O) groups is 1. The van der Waals surface area contributed by atoms with Gasteiger partial charge in [-0.15, -0.1) is 0 Å². The highest BCUT2D eigenvalue weighted by Crippen LogP contribution is 2.17. The smallest absolute Gasteiger partial charge is 0.223 e. The molecule has 0 aromatic carbocycles. The molecule has 1 atom stereocenters. The van der Waals surface area contributed by atoms with Crippen LogP contribution >= 0.6 is 0 Å². The molecular formula is C18H29N5O. The lowest BCUT2D eigenvalue weighted by molar-refractivity contribution is -0.130. The van der Waals surface area contributed by atoms with Crippen molar-refractivity contribution in [1.82, 2.24) is 20.1 Å². The van der Waals surface area contributed by atoms with Crippen LogP contribution in [-0.2, 0) is 4.79 Å². The van der Waals surface area contributed by atoms with Gasteiger partial charge >= 0.3 is 0 Å². The van der Waals surface area contributed by atoms with Gasteiger partial charge in [0.2, 0.25) is 5.91 Å². The van der Waals surface area contributed by atoms with Gasteiger partial charge in [0.05, 0.1) is 0 Å². The Bertz CT molecular complexity index is 515. The number of hydrogen-bond donors (Lipinski definition) is 1. The van der Waals surface area contributed by atoms with Gasteiger partial charge in [-0.05, 0) is 38.1 Å². The molecule has 2 saturated heterocycles. The van der Waals surface area contributed by atoms with Crippen LogP contribution in [0.15, 0.2) is 24.4 Å². The van der Waals surface area contributed by atoms with Gasteiger partial charge in [0.1, 0.15) is 5.82 Å². The maximum absolute atomic E-state index is 12.4. The molecule has 0 radical (unpaired) electrons. The van der Waals surface area contributed by atoms with Gasteiger partial charge < -0.3 is 15.1 Å². The molecule has 6 nitrogen and oxygen atoms in total. The predicted octanol–water partition coefficient (Wildman–Crippen LogP) is 0.662. The van der Waals surface area contributed by atoms with Crippen molar-refractivity contribution < 1.29 is 4.79 Å². The van der Waals surface area contributed by atoms with E-state index in [4.69, 9.17) is 0 Å². The Kier molecular flexibility index (Phi) is 6.04. The molecular weight excluding hydrogens is 302 g/mol. The molecule has 24 heavy (non-hydrogen) atoms. The Hall–Kier alpha value is -1.66. The lowest BCUT2D eigenvalue weighted by atomic mass is 10.1. The predicted molar refractivity (Wildman–Crippen MR) is 96.1 cm³/mol. The molecule has 2 fully saturated rings. The number of aromatic nitrogens is 1. The molecule has 1 unspecified atom stereocenters. The number of nitrogens with one attached hydrogen (secondary N) is 1. The highest BCUT2D eigenvalue weighted by atomic mass is 16.2. The van der Waals surface area contributed by atoms with Crippen LogP contribution in [0.1, 0.15) is 12.8 Å². The van der Waals surface area contributed by atoms with E-state index in [9.17, 15) is 4.79 Å². The Balaban J connectivity index is 1.37. The van der Waals surface area contributed by atoms with Gasteiger partial charge in [-0.25, -0.2) is 4.98 Å². The number of anilines is 1. The van der Waals surface area contributed by atoms with Gasteiger partial charge in [0.25, 0.3) is 0 Å². The van der Waals surface area contributed by atoms with Crippen molar-refractivity contribution in [3.63, 3.8) is 0 Å². The van der Waals surface area contributed by atoms with Crippen LogP contribution in [0.3, 0.4) is 0 Å². The maximum Gasteiger partial charge on any atom is 0.223 e. The molecule has 1 amide bonds. The first-order valence-electron chi connectivity index (χ1n) is 9.07. The monoisotopic (exact) mass is 331 g/mol. The number of rotatable bonds is 6. The number of nitrogens with zero attached hydrogens (tertiary/aromatic N) is 4. The second kappa shape index (κ2) is 8.44. The van der Waals surface area contributed by atoms with Crippen molar-refractivity contribution in [2.24, 2.45) is 5.92 Å². The second-order valence-corrected chi connectivity index (χ2v) is 6.82. The normalized spacial score (nSPS) is 22.1. The van der Waals surface area contributed by atoms with E-state index in [1.165, 1.54) is 0 Å². The Morgan fingerprint density at radius 2 is 2.08 bits per heavy atom. The van der Waals surface area contributed by atoms with Crippen LogP contribution < -0.4 is 10.2 Å². The van der Waals surface area contributed by atoms with E-state index in [0.29, 0.717) is 18.2 Å². The van der Waals surface area contributed by atoms with Crippen molar-refractivity contribution in [2.45, 2.75) is 12.8 Å². The summed E-state index contributed by atoms with van der Waals surface area (Å²) in [5, 5.41) is 3.21. The molecule has 1 N–H and O–H groups in total. The van der Waals surface area contributed by atoms with E-state index >= 15 is 0 Å². The summed E-state index contributed by atoms with van der Waals surface area (Å²) < 4.78 is 0. The molecule has 2 aliphatic rings. The Morgan fingerprint density at radius 1 is 1.25 bits per heavy atom. The fourth-order valence-corrected chi connectivity index (χ4v) is 3.67. The summed E-state index contributed by atoms with van der Waals surface area (Å²) in [6, 6.07) is 6.05. The first-order valence-corrected chi connectivity index (χ1v) is 9.07. The molecule has 0 spiro atoms. The molecule has 132 valence electrons. The van der Waals surface area contributed by atoms with Crippen molar-refractivity contribution in [2.75, 3.05) is 64.3 Å². The third kappa shape index (κ3) is 4.45. The van der Waals surface area contributed by atoms with Crippen LogP contribution in [0, 0.1) is 5.92 Å². The van der Waals surface area contributed by atoms with E-state index in [1.54, 1.807) is 0 Å². The summed E-state index contributed by atoms with van der Waals surface area (Å²) in [5.41, 5.74) is 0. The van der Waals surface area contributed by atoms with E-state index in [-0.39, 0.29) is 0 Å². The molecule has 3 heterocycles. The SMILES string of the molecule is CNCC1CCN(C(=O)CCN2CCN(c3ccccn3)CC2)C1. The fourth-order valence-electron chi connectivity index (χ4n) is 3.67. The summed E-state index contributed by atoms with van der Waals surface area (Å²) in [5.74, 6) is 2.00. The molecule has 0 saturated carbocycles. The summed E-state index contributed by atoms with van der Waals surface area (Å²) in [7, 11) is 1.98. The number of pyridine rings is 1. The topological polar surface area (TPSA) is 51.7 Å². The lowest BCUT2D eigenvalue weighted by Crippen LogP contribution is -2.47. The van der Waals surface area contributed by atoms with Crippen LogP contribution in [0.4, 0.5) is 5.82 Å². The summed E-state index contributed by atoms with van der Waals surface area (Å²) in [6.07, 6.45) is 3.63. The quantitative estimate of drug-likeness (QED) is 0.830. The zero-order chi connectivity index (χ0) is 16.8. The highest BCUT2D eigenvalue weighted by Gasteiger charge is 2.26. The van der Waals surface area contributed by atoms with E-state index < -0.39 is 0 Å². The number of amides is 1. The van der Waals surface area contributed by atoms with Crippen LogP contribution in [0.25, 0.3) is 0 Å². The van der Waals surface area contributed by atoms with Crippen molar-refractivity contribution in [3.8, 4) is 0 Å².